The molecule has 0 saturated heterocycles. The number of amides is 1. The Morgan fingerprint density at radius 3 is 2.37 bits per heavy atom. The highest BCUT2D eigenvalue weighted by atomic mass is 35.5. The third-order valence-corrected chi connectivity index (χ3v) is 5.19. The summed E-state index contributed by atoms with van der Waals surface area (Å²) in [5.74, 6) is -0.201. The quantitative estimate of drug-likeness (QED) is 0.353. The van der Waals surface area contributed by atoms with E-state index in [1.165, 1.54) is 17.4 Å². The lowest BCUT2D eigenvalue weighted by atomic mass is 10.2. The van der Waals surface area contributed by atoms with Crippen molar-refractivity contribution in [1.82, 2.24) is 9.97 Å². The van der Waals surface area contributed by atoms with Crippen LogP contribution in [0.3, 0.4) is 0 Å². The van der Waals surface area contributed by atoms with E-state index in [0.717, 1.165) is 27.6 Å². The van der Waals surface area contributed by atoms with Crippen LogP contribution >= 0.6 is 22.9 Å². The van der Waals surface area contributed by atoms with Crippen LogP contribution in [0.25, 0.3) is 17.3 Å². The fourth-order valence-corrected chi connectivity index (χ4v) is 3.54. The second kappa shape index (κ2) is 9.35. The van der Waals surface area contributed by atoms with Crippen molar-refractivity contribution in [1.29, 1.82) is 0 Å². The van der Waals surface area contributed by atoms with E-state index in [9.17, 15) is 4.79 Å². The summed E-state index contributed by atoms with van der Waals surface area (Å²) in [6.07, 6.45) is 6.73. The number of nitrogens with one attached hydrogen (secondary N) is 2. The summed E-state index contributed by atoms with van der Waals surface area (Å²) >= 11 is 7.39. The summed E-state index contributed by atoms with van der Waals surface area (Å²) in [7, 11) is 0. The summed E-state index contributed by atoms with van der Waals surface area (Å²) in [6.45, 7) is 0. The van der Waals surface area contributed by atoms with Gasteiger partial charge in [-0.05, 0) is 60.2 Å². The van der Waals surface area contributed by atoms with Crippen LogP contribution in [-0.4, -0.2) is 15.9 Å². The van der Waals surface area contributed by atoms with Crippen LogP contribution in [0.15, 0.2) is 84.5 Å². The van der Waals surface area contributed by atoms with Gasteiger partial charge in [-0.25, -0.2) is 4.98 Å². The topological polar surface area (TPSA) is 66.9 Å². The molecule has 2 heterocycles. The predicted molar refractivity (Wildman–Crippen MR) is 124 cm³/mol. The molecule has 0 bridgehead atoms. The van der Waals surface area contributed by atoms with Gasteiger partial charge in [0.2, 0.25) is 5.91 Å². The molecule has 7 heteroatoms. The highest BCUT2D eigenvalue weighted by Gasteiger charge is 2.05. The Hall–Kier alpha value is -3.48. The summed E-state index contributed by atoms with van der Waals surface area (Å²) in [4.78, 5) is 20.7. The number of carbonyl (C=O) groups is 1. The molecule has 0 aliphatic carbocycles. The molecule has 30 heavy (non-hydrogen) atoms. The number of anilines is 3. The number of nitrogens with zero attached hydrogens (tertiary/aromatic N) is 2. The van der Waals surface area contributed by atoms with Crippen LogP contribution in [0.2, 0.25) is 5.02 Å². The Morgan fingerprint density at radius 2 is 1.63 bits per heavy atom. The molecular weight excluding hydrogens is 416 g/mol. The Morgan fingerprint density at radius 1 is 0.933 bits per heavy atom. The zero-order valence-electron chi connectivity index (χ0n) is 15.7. The molecule has 0 aliphatic heterocycles. The van der Waals surface area contributed by atoms with Crippen LogP contribution in [0, 0.1) is 0 Å². The molecule has 2 N–H and O–H groups in total. The molecule has 2 aromatic carbocycles. The first kappa shape index (κ1) is 19.8. The molecular formula is C23H17ClN4OS. The van der Waals surface area contributed by atoms with Gasteiger partial charge in [0.25, 0.3) is 0 Å². The van der Waals surface area contributed by atoms with E-state index < -0.39 is 0 Å². The van der Waals surface area contributed by atoms with Gasteiger partial charge in [-0.15, -0.1) is 11.3 Å². The van der Waals surface area contributed by atoms with Gasteiger partial charge in [-0.2, -0.15) is 0 Å². The number of halogens is 1. The molecule has 2 aromatic heterocycles. The highest BCUT2D eigenvalue weighted by Crippen LogP contribution is 2.27. The largest absolute Gasteiger partial charge is 0.332 e. The van der Waals surface area contributed by atoms with E-state index in [4.69, 9.17) is 11.6 Å². The maximum Gasteiger partial charge on any atom is 0.248 e. The summed E-state index contributed by atoms with van der Waals surface area (Å²) in [5, 5.41) is 9.58. The first-order valence-electron chi connectivity index (χ1n) is 9.13. The average molecular weight is 433 g/mol. The first-order chi connectivity index (χ1) is 14.7. The minimum Gasteiger partial charge on any atom is -0.332 e. The van der Waals surface area contributed by atoms with Gasteiger partial charge >= 0.3 is 0 Å². The Kier molecular flexibility index (Phi) is 6.17. The summed E-state index contributed by atoms with van der Waals surface area (Å²) in [5.41, 5.74) is 4.44. The molecule has 0 aliphatic rings. The van der Waals surface area contributed by atoms with Crippen molar-refractivity contribution in [3.05, 3.63) is 95.1 Å². The van der Waals surface area contributed by atoms with E-state index in [-0.39, 0.29) is 5.91 Å². The van der Waals surface area contributed by atoms with E-state index in [1.54, 1.807) is 30.6 Å². The minimum atomic E-state index is -0.201. The van der Waals surface area contributed by atoms with Crippen molar-refractivity contribution in [3.8, 4) is 11.3 Å². The molecule has 0 radical (unpaired) electrons. The molecule has 148 valence electrons. The number of hydrogen-bond acceptors (Lipinski definition) is 5. The van der Waals surface area contributed by atoms with Gasteiger partial charge in [0.05, 0.1) is 5.69 Å². The lowest BCUT2D eigenvalue weighted by Crippen LogP contribution is -2.07. The van der Waals surface area contributed by atoms with Gasteiger partial charge in [-0.1, -0.05) is 23.7 Å². The van der Waals surface area contributed by atoms with Gasteiger partial charge in [0.1, 0.15) is 0 Å². The third-order valence-electron chi connectivity index (χ3n) is 4.18. The maximum atomic E-state index is 12.1. The lowest BCUT2D eigenvalue weighted by molar-refractivity contribution is -0.111. The average Bonchev–Trinajstić information content (AvgIpc) is 3.24. The molecule has 1 amide bonds. The van der Waals surface area contributed by atoms with Crippen LogP contribution in [0.1, 0.15) is 5.56 Å². The fraction of sp³-hybridized carbons (Fsp3) is 0. The number of pyridine rings is 1. The van der Waals surface area contributed by atoms with Crippen molar-refractivity contribution in [3.63, 3.8) is 0 Å². The maximum absolute atomic E-state index is 12.1. The van der Waals surface area contributed by atoms with Crippen molar-refractivity contribution in [2.75, 3.05) is 10.6 Å². The van der Waals surface area contributed by atoms with Gasteiger partial charge in [-0.3, -0.25) is 9.78 Å². The molecule has 0 fully saturated rings. The molecule has 0 spiro atoms. The second-order valence-corrected chi connectivity index (χ2v) is 7.64. The predicted octanol–water partition coefficient (Wildman–Crippen LogP) is 6.25. The van der Waals surface area contributed by atoms with Crippen molar-refractivity contribution < 1.29 is 4.79 Å². The number of benzene rings is 2. The Labute approximate surface area is 183 Å². The van der Waals surface area contributed by atoms with Crippen molar-refractivity contribution >= 4 is 51.4 Å². The standard InChI is InChI=1S/C23H17ClN4OS/c24-18-4-1-16(2-5-18)3-10-22(29)26-19-6-8-20(9-7-19)27-23-28-21(15-30-23)17-11-13-25-14-12-17/h1-15H,(H,26,29)(H,27,28)/b10-3+. The van der Waals surface area contributed by atoms with E-state index in [1.807, 2.05) is 53.9 Å². The first-order valence-corrected chi connectivity index (χ1v) is 10.4. The van der Waals surface area contributed by atoms with E-state index in [0.29, 0.717) is 10.7 Å². The second-order valence-electron chi connectivity index (χ2n) is 6.35. The van der Waals surface area contributed by atoms with Crippen molar-refractivity contribution in [2.24, 2.45) is 0 Å². The van der Waals surface area contributed by atoms with Crippen LogP contribution in [0.5, 0.6) is 0 Å². The van der Waals surface area contributed by atoms with Gasteiger partial charge < -0.3 is 10.6 Å². The van der Waals surface area contributed by atoms with Crippen LogP contribution in [-0.2, 0) is 4.79 Å². The molecule has 4 rings (SSSR count). The zero-order chi connectivity index (χ0) is 20.8. The SMILES string of the molecule is O=C(/C=C/c1ccc(Cl)cc1)Nc1ccc(Nc2nc(-c3ccncc3)cs2)cc1. The van der Waals surface area contributed by atoms with E-state index >= 15 is 0 Å². The number of carbonyl (C=O) groups excluding carboxylic acids is 1. The number of aromatic nitrogens is 2. The monoisotopic (exact) mass is 432 g/mol. The molecule has 0 unspecified atom stereocenters. The highest BCUT2D eigenvalue weighted by molar-refractivity contribution is 7.14. The summed E-state index contributed by atoms with van der Waals surface area (Å²) in [6, 6.07) is 18.6. The molecule has 0 atom stereocenters. The Bertz CT molecular complexity index is 1160. The fourth-order valence-electron chi connectivity index (χ4n) is 2.68. The third kappa shape index (κ3) is 5.31. The number of hydrogen-bond donors (Lipinski definition) is 2. The van der Waals surface area contributed by atoms with Crippen LogP contribution < -0.4 is 10.6 Å². The molecule has 4 aromatic rings. The normalized spacial score (nSPS) is 10.8. The minimum absolute atomic E-state index is 0.201. The Balaban J connectivity index is 1.34. The molecule has 0 saturated carbocycles. The lowest BCUT2D eigenvalue weighted by Gasteiger charge is -2.05. The van der Waals surface area contributed by atoms with E-state index in [2.05, 4.69) is 20.6 Å². The zero-order valence-corrected chi connectivity index (χ0v) is 17.3. The van der Waals surface area contributed by atoms with Gasteiger partial charge in [0.15, 0.2) is 5.13 Å². The number of rotatable bonds is 6. The smallest absolute Gasteiger partial charge is 0.248 e. The van der Waals surface area contributed by atoms with Crippen molar-refractivity contribution in [2.45, 2.75) is 0 Å². The van der Waals surface area contributed by atoms with Crippen LogP contribution in [0.4, 0.5) is 16.5 Å². The summed E-state index contributed by atoms with van der Waals surface area (Å²) < 4.78 is 0. The number of thiazole rings is 1. The van der Waals surface area contributed by atoms with Gasteiger partial charge in [0, 0.05) is 45.8 Å². The molecule has 5 nitrogen and oxygen atoms in total.